The zero-order valence-corrected chi connectivity index (χ0v) is 17.1. The number of carbonyl (C=O) groups is 1. The van der Waals surface area contributed by atoms with Crippen LogP contribution in [0.3, 0.4) is 0 Å². The molecule has 0 unspecified atom stereocenters. The molecular formula is C22H28ClN3O. The fourth-order valence-corrected chi connectivity index (χ4v) is 3.56. The largest absolute Gasteiger partial charge is 0.369 e. The van der Waals surface area contributed by atoms with Crippen molar-refractivity contribution in [3.8, 4) is 0 Å². The van der Waals surface area contributed by atoms with E-state index < -0.39 is 0 Å². The van der Waals surface area contributed by atoms with Crippen molar-refractivity contribution in [1.29, 1.82) is 0 Å². The van der Waals surface area contributed by atoms with Gasteiger partial charge >= 0.3 is 0 Å². The van der Waals surface area contributed by atoms with Crippen molar-refractivity contribution in [2.75, 3.05) is 43.4 Å². The molecule has 1 fully saturated rings. The summed E-state index contributed by atoms with van der Waals surface area (Å²) in [6.45, 7) is 8.39. The van der Waals surface area contributed by atoms with E-state index in [2.05, 4.69) is 48.1 Å². The Morgan fingerprint density at radius 3 is 2.19 bits per heavy atom. The molecule has 0 aliphatic carbocycles. The van der Waals surface area contributed by atoms with E-state index in [1.54, 1.807) is 0 Å². The van der Waals surface area contributed by atoms with E-state index in [0.717, 1.165) is 37.4 Å². The fourth-order valence-electron chi connectivity index (χ4n) is 3.43. The molecule has 1 saturated heterocycles. The normalized spacial score (nSPS) is 15.6. The maximum absolute atomic E-state index is 12.5. The Hall–Kier alpha value is -2.04. The topological polar surface area (TPSA) is 35.6 Å². The van der Waals surface area contributed by atoms with Crippen LogP contribution >= 0.6 is 11.6 Å². The number of amides is 1. The molecule has 0 saturated carbocycles. The monoisotopic (exact) mass is 385 g/mol. The van der Waals surface area contributed by atoms with Crippen LogP contribution in [0, 0.1) is 0 Å². The number of halogens is 1. The van der Waals surface area contributed by atoms with Crippen molar-refractivity contribution in [2.24, 2.45) is 0 Å². The van der Waals surface area contributed by atoms with Gasteiger partial charge in [0, 0.05) is 49.0 Å². The molecule has 2 aromatic carbocycles. The Bertz CT molecular complexity index is 763. The highest BCUT2D eigenvalue weighted by atomic mass is 35.5. The number of piperazine rings is 1. The van der Waals surface area contributed by atoms with E-state index in [-0.39, 0.29) is 11.3 Å². The Labute approximate surface area is 167 Å². The predicted octanol–water partition coefficient (Wildman–Crippen LogP) is 4.40. The molecule has 3 rings (SSSR count). The first-order chi connectivity index (χ1) is 12.8. The van der Waals surface area contributed by atoms with Crippen molar-refractivity contribution >= 4 is 28.9 Å². The van der Waals surface area contributed by atoms with E-state index in [1.165, 1.54) is 5.69 Å². The highest BCUT2D eigenvalue weighted by Gasteiger charge is 2.24. The standard InChI is InChI=1S/C22H28ClN3O/c1-22(2,17-4-6-18(23)7-5-17)16-21(27)24-19-8-10-20(11-9-19)26-14-12-25(3)13-15-26/h4-11H,12-16H2,1-3H3,(H,24,27). The molecule has 4 nitrogen and oxygen atoms in total. The molecule has 1 aliphatic rings. The van der Waals surface area contributed by atoms with E-state index in [9.17, 15) is 4.79 Å². The maximum atomic E-state index is 12.5. The molecule has 0 radical (unpaired) electrons. The third-order valence-electron chi connectivity index (χ3n) is 5.25. The maximum Gasteiger partial charge on any atom is 0.225 e. The van der Waals surface area contributed by atoms with Crippen LogP contribution in [-0.2, 0) is 10.2 Å². The number of hydrogen-bond donors (Lipinski definition) is 1. The Morgan fingerprint density at radius 2 is 1.59 bits per heavy atom. The van der Waals surface area contributed by atoms with Gasteiger partial charge in [0.25, 0.3) is 0 Å². The van der Waals surface area contributed by atoms with Gasteiger partial charge in [-0.2, -0.15) is 0 Å². The SMILES string of the molecule is CN1CCN(c2ccc(NC(=O)CC(C)(C)c3ccc(Cl)cc3)cc2)CC1. The van der Waals surface area contributed by atoms with E-state index in [4.69, 9.17) is 11.6 Å². The minimum atomic E-state index is -0.256. The lowest BCUT2D eigenvalue weighted by Gasteiger charge is -2.34. The highest BCUT2D eigenvalue weighted by Crippen LogP contribution is 2.29. The van der Waals surface area contributed by atoms with E-state index in [0.29, 0.717) is 11.4 Å². The number of anilines is 2. The van der Waals surface area contributed by atoms with Crippen LogP contribution in [0.5, 0.6) is 0 Å². The van der Waals surface area contributed by atoms with Gasteiger partial charge in [0.05, 0.1) is 0 Å². The minimum Gasteiger partial charge on any atom is -0.369 e. The van der Waals surface area contributed by atoms with E-state index in [1.807, 2.05) is 36.4 Å². The molecule has 1 N–H and O–H groups in total. The summed E-state index contributed by atoms with van der Waals surface area (Å²) >= 11 is 5.97. The summed E-state index contributed by atoms with van der Waals surface area (Å²) in [4.78, 5) is 17.3. The van der Waals surface area contributed by atoms with E-state index >= 15 is 0 Å². The number of likely N-dealkylation sites (N-methyl/N-ethyl adjacent to an activating group) is 1. The van der Waals surface area contributed by atoms with Crippen LogP contribution in [0.2, 0.25) is 5.02 Å². The molecule has 0 atom stereocenters. The van der Waals surface area contributed by atoms with Crippen molar-refractivity contribution in [2.45, 2.75) is 25.7 Å². The average Bonchev–Trinajstić information content (AvgIpc) is 2.63. The van der Waals surface area contributed by atoms with Gasteiger partial charge in [-0.25, -0.2) is 0 Å². The van der Waals surface area contributed by atoms with Crippen LogP contribution < -0.4 is 10.2 Å². The summed E-state index contributed by atoms with van der Waals surface area (Å²) in [7, 11) is 2.15. The molecule has 1 amide bonds. The highest BCUT2D eigenvalue weighted by molar-refractivity contribution is 6.30. The third-order valence-corrected chi connectivity index (χ3v) is 5.50. The second kappa shape index (κ2) is 8.32. The molecule has 5 heteroatoms. The second-order valence-electron chi connectivity index (χ2n) is 7.95. The minimum absolute atomic E-state index is 0.0160. The number of benzene rings is 2. The zero-order valence-electron chi connectivity index (χ0n) is 16.3. The first kappa shape index (κ1) is 19.7. The molecule has 0 aromatic heterocycles. The summed E-state index contributed by atoms with van der Waals surface area (Å²) in [5, 5.41) is 3.73. The Kier molecular flexibility index (Phi) is 6.08. The summed E-state index contributed by atoms with van der Waals surface area (Å²) in [5.41, 5.74) is 2.90. The number of rotatable bonds is 5. The summed E-state index contributed by atoms with van der Waals surface area (Å²) in [5.74, 6) is 0.0160. The smallest absolute Gasteiger partial charge is 0.225 e. The van der Waals surface area contributed by atoms with Crippen LogP contribution in [0.15, 0.2) is 48.5 Å². The zero-order chi connectivity index (χ0) is 19.4. The summed E-state index contributed by atoms with van der Waals surface area (Å²) < 4.78 is 0. The molecule has 27 heavy (non-hydrogen) atoms. The molecule has 1 aliphatic heterocycles. The van der Waals surface area contributed by atoms with Crippen LogP contribution in [0.1, 0.15) is 25.8 Å². The second-order valence-corrected chi connectivity index (χ2v) is 8.39. The molecule has 1 heterocycles. The van der Waals surface area contributed by atoms with Crippen LogP contribution in [-0.4, -0.2) is 44.0 Å². The van der Waals surface area contributed by atoms with Crippen molar-refractivity contribution < 1.29 is 4.79 Å². The van der Waals surface area contributed by atoms with Gasteiger partial charge < -0.3 is 15.1 Å². The summed E-state index contributed by atoms with van der Waals surface area (Å²) in [6, 6.07) is 15.9. The number of nitrogens with zero attached hydrogens (tertiary/aromatic N) is 2. The Balaban J connectivity index is 1.58. The number of hydrogen-bond acceptors (Lipinski definition) is 3. The van der Waals surface area contributed by atoms with Crippen molar-refractivity contribution in [3.05, 3.63) is 59.1 Å². The van der Waals surface area contributed by atoms with Gasteiger partial charge in [-0.15, -0.1) is 0 Å². The summed E-state index contributed by atoms with van der Waals surface area (Å²) in [6.07, 6.45) is 0.412. The van der Waals surface area contributed by atoms with Crippen LogP contribution in [0.25, 0.3) is 0 Å². The lowest BCUT2D eigenvalue weighted by molar-refractivity contribution is -0.117. The molecule has 0 spiro atoms. The van der Waals surface area contributed by atoms with Gasteiger partial charge in [-0.05, 0) is 54.4 Å². The average molecular weight is 386 g/mol. The molecule has 144 valence electrons. The fraction of sp³-hybridized carbons (Fsp3) is 0.409. The van der Waals surface area contributed by atoms with Gasteiger partial charge in [0.15, 0.2) is 0 Å². The van der Waals surface area contributed by atoms with Gasteiger partial charge in [0.1, 0.15) is 0 Å². The molecule has 0 bridgehead atoms. The van der Waals surface area contributed by atoms with Crippen molar-refractivity contribution in [3.63, 3.8) is 0 Å². The van der Waals surface area contributed by atoms with Crippen molar-refractivity contribution in [1.82, 2.24) is 4.90 Å². The molecule has 2 aromatic rings. The third kappa shape index (κ3) is 5.24. The Morgan fingerprint density at radius 1 is 1.00 bits per heavy atom. The molecular weight excluding hydrogens is 358 g/mol. The van der Waals surface area contributed by atoms with Crippen LogP contribution in [0.4, 0.5) is 11.4 Å². The predicted molar refractivity (Wildman–Crippen MR) is 114 cm³/mol. The van der Waals surface area contributed by atoms with Gasteiger partial charge in [-0.3, -0.25) is 4.79 Å². The lowest BCUT2D eigenvalue weighted by Crippen LogP contribution is -2.44. The first-order valence-corrected chi connectivity index (χ1v) is 9.81. The van der Waals surface area contributed by atoms with Gasteiger partial charge in [-0.1, -0.05) is 37.6 Å². The quantitative estimate of drug-likeness (QED) is 0.828. The first-order valence-electron chi connectivity index (χ1n) is 9.43. The lowest BCUT2D eigenvalue weighted by atomic mass is 9.81. The number of nitrogens with one attached hydrogen (secondary N) is 1. The number of carbonyl (C=O) groups excluding carboxylic acids is 1. The van der Waals surface area contributed by atoms with Gasteiger partial charge in [0.2, 0.25) is 5.91 Å².